The van der Waals surface area contributed by atoms with Gasteiger partial charge in [-0.3, -0.25) is 4.68 Å². The van der Waals surface area contributed by atoms with Crippen molar-refractivity contribution in [2.24, 2.45) is 7.05 Å². The van der Waals surface area contributed by atoms with Crippen molar-refractivity contribution in [2.45, 2.75) is 6.61 Å². The highest BCUT2D eigenvalue weighted by molar-refractivity contribution is 6.30. The summed E-state index contributed by atoms with van der Waals surface area (Å²) in [5, 5.41) is 12.8. The zero-order valence-electron chi connectivity index (χ0n) is 5.00. The van der Waals surface area contributed by atoms with E-state index in [-0.39, 0.29) is 6.61 Å². The molecular formula is C5H7ClN2O. The first-order valence-electron chi connectivity index (χ1n) is 2.53. The molecule has 0 radical (unpaired) electrons. The molecule has 0 amide bonds. The van der Waals surface area contributed by atoms with E-state index in [9.17, 15) is 0 Å². The van der Waals surface area contributed by atoms with Crippen LogP contribution in [-0.2, 0) is 13.7 Å². The maximum Gasteiger partial charge on any atom is 0.156 e. The van der Waals surface area contributed by atoms with E-state index in [2.05, 4.69) is 5.10 Å². The second-order valence-corrected chi connectivity index (χ2v) is 2.13. The zero-order chi connectivity index (χ0) is 6.85. The maximum atomic E-state index is 8.59. The average Bonchev–Trinajstić information content (AvgIpc) is 2.10. The van der Waals surface area contributed by atoms with Gasteiger partial charge in [-0.15, -0.1) is 0 Å². The number of aliphatic hydroxyl groups excluding tert-OH is 1. The van der Waals surface area contributed by atoms with Gasteiger partial charge in [0, 0.05) is 18.8 Å². The topological polar surface area (TPSA) is 38.0 Å². The van der Waals surface area contributed by atoms with Gasteiger partial charge in [0.2, 0.25) is 0 Å². The largest absolute Gasteiger partial charge is 0.392 e. The van der Waals surface area contributed by atoms with Gasteiger partial charge in [0.1, 0.15) is 0 Å². The van der Waals surface area contributed by atoms with E-state index >= 15 is 0 Å². The lowest BCUT2D eigenvalue weighted by Gasteiger charge is -1.83. The van der Waals surface area contributed by atoms with Crippen molar-refractivity contribution in [3.63, 3.8) is 0 Å². The van der Waals surface area contributed by atoms with Gasteiger partial charge in [0.25, 0.3) is 0 Å². The first-order chi connectivity index (χ1) is 4.24. The lowest BCUT2D eigenvalue weighted by atomic mass is 10.4. The molecule has 50 valence electrons. The van der Waals surface area contributed by atoms with Gasteiger partial charge in [0.15, 0.2) is 5.15 Å². The quantitative estimate of drug-likeness (QED) is 0.629. The maximum absolute atomic E-state index is 8.59. The monoisotopic (exact) mass is 146 g/mol. The molecule has 0 saturated heterocycles. The van der Waals surface area contributed by atoms with E-state index in [1.807, 2.05) is 0 Å². The summed E-state index contributed by atoms with van der Waals surface area (Å²) in [7, 11) is 1.76. The Bertz CT molecular complexity index is 209. The van der Waals surface area contributed by atoms with E-state index in [0.29, 0.717) is 10.7 Å². The molecule has 0 spiro atoms. The summed E-state index contributed by atoms with van der Waals surface area (Å²) in [6.45, 7) is -0.0489. The molecule has 0 aromatic carbocycles. The first-order valence-corrected chi connectivity index (χ1v) is 2.90. The van der Waals surface area contributed by atoms with Gasteiger partial charge in [-0.1, -0.05) is 11.6 Å². The summed E-state index contributed by atoms with van der Waals surface area (Å²) in [5.74, 6) is 0. The Kier molecular flexibility index (Phi) is 1.73. The summed E-state index contributed by atoms with van der Waals surface area (Å²) in [6.07, 6.45) is 1.68. The summed E-state index contributed by atoms with van der Waals surface area (Å²) < 4.78 is 1.56. The Morgan fingerprint density at radius 3 is 2.78 bits per heavy atom. The summed E-state index contributed by atoms with van der Waals surface area (Å²) in [4.78, 5) is 0. The van der Waals surface area contributed by atoms with Crippen LogP contribution in [0.4, 0.5) is 0 Å². The van der Waals surface area contributed by atoms with Crippen molar-refractivity contribution >= 4 is 11.6 Å². The first kappa shape index (κ1) is 6.58. The molecule has 0 aliphatic carbocycles. The Balaban J connectivity index is 3.01. The second-order valence-electron chi connectivity index (χ2n) is 1.78. The molecule has 1 rings (SSSR count). The minimum Gasteiger partial charge on any atom is -0.392 e. The minimum atomic E-state index is -0.0489. The van der Waals surface area contributed by atoms with E-state index in [1.54, 1.807) is 17.9 Å². The van der Waals surface area contributed by atoms with Crippen LogP contribution in [0.15, 0.2) is 6.20 Å². The van der Waals surface area contributed by atoms with Crippen LogP contribution in [0.3, 0.4) is 0 Å². The van der Waals surface area contributed by atoms with Crippen molar-refractivity contribution in [1.82, 2.24) is 9.78 Å². The molecular weight excluding hydrogens is 140 g/mol. The Morgan fingerprint density at radius 1 is 1.89 bits per heavy atom. The van der Waals surface area contributed by atoms with Crippen LogP contribution in [-0.4, -0.2) is 14.9 Å². The number of nitrogens with zero attached hydrogens (tertiary/aromatic N) is 2. The molecule has 0 unspecified atom stereocenters. The number of aromatic nitrogens is 2. The van der Waals surface area contributed by atoms with E-state index in [0.717, 1.165) is 0 Å². The van der Waals surface area contributed by atoms with Crippen LogP contribution in [0, 0.1) is 0 Å². The smallest absolute Gasteiger partial charge is 0.156 e. The number of hydrogen-bond acceptors (Lipinski definition) is 2. The molecule has 0 atom stereocenters. The fraction of sp³-hybridized carbons (Fsp3) is 0.400. The van der Waals surface area contributed by atoms with Crippen LogP contribution >= 0.6 is 11.6 Å². The van der Waals surface area contributed by atoms with E-state index in [4.69, 9.17) is 16.7 Å². The second kappa shape index (κ2) is 2.37. The van der Waals surface area contributed by atoms with Gasteiger partial charge < -0.3 is 5.11 Å². The average molecular weight is 147 g/mol. The highest BCUT2D eigenvalue weighted by Gasteiger charge is 2.00. The van der Waals surface area contributed by atoms with Crippen LogP contribution in [0.1, 0.15) is 5.56 Å². The summed E-state index contributed by atoms with van der Waals surface area (Å²) in [5.41, 5.74) is 0.666. The van der Waals surface area contributed by atoms with Crippen LogP contribution < -0.4 is 0 Å². The van der Waals surface area contributed by atoms with Crippen molar-refractivity contribution in [2.75, 3.05) is 0 Å². The lowest BCUT2D eigenvalue weighted by Crippen LogP contribution is -1.84. The molecule has 0 bridgehead atoms. The minimum absolute atomic E-state index is 0.0489. The third-order valence-electron chi connectivity index (χ3n) is 1.02. The number of aryl methyl sites for hydroxylation is 1. The predicted octanol–water partition coefficient (Wildman–Crippen LogP) is 0.566. The Hall–Kier alpha value is -0.540. The van der Waals surface area contributed by atoms with Gasteiger partial charge in [0.05, 0.1) is 6.61 Å². The highest BCUT2D eigenvalue weighted by atomic mass is 35.5. The number of halogens is 1. The molecule has 1 aromatic heterocycles. The summed E-state index contributed by atoms with van der Waals surface area (Å²) in [6, 6.07) is 0. The molecule has 0 fully saturated rings. The molecule has 9 heavy (non-hydrogen) atoms. The number of rotatable bonds is 1. The van der Waals surface area contributed by atoms with Crippen molar-refractivity contribution < 1.29 is 5.11 Å². The zero-order valence-corrected chi connectivity index (χ0v) is 5.76. The molecule has 0 aliphatic rings. The van der Waals surface area contributed by atoms with Gasteiger partial charge in [-0.2, -0.15) is 5.10 Å². The fourth-order valence-corrected chi connectivity index (χ4v) is 0.844. The Morgan fingerprint density at radius 2 is 2.56 bits per heavy atom. The molecule has 0 aliphatic heterocycles. The van der Waals surface area contributed by atoms with Gasteiger partial charge in [-0.05, 0) is 0 Å². The van der Waals surface area contributed by atoms with Crippen molar-refractivity contribution in [3.05, 3.63) is 16.9 Å². The van der Waals surface area contributed by atoms with Crippen molar-refractivity contribution in [1.29, 1.82) is 0 Å². The SMILES string of the molecule is Cn1cc(CO)c(Cl)n1. The molecule has 3 nitrogen and oxygen atoms in total. The predicted molar refractivity (Wildman–Crippen MR) is 34.1 cm³/mol. The van der Waals surface area contributed by atoms with Crippen LogP contribution in [0.5, 0.6) is 0 Å². The standard InChI is InChI=1S/C5H7ClN2O/c1-8-2-4(3-9)5(6)7-8/h2,9H,3H2,1H3. The fourth-order valence-electron chi connectivity index (χ4n) is 0.616. The van der Waals surface area contributed by atoms with E-state index < -0.39 is 0 Å². The van der Waals surface area contributed by atoms with Gasteiger partial charge in [-0.25, -0.2) is 0 Å². The van der Waals surface area contributed by atoms with E-state index in [1.165, 1.54) is 0 Å². The van der Waals surface area contributed by atoms with Gasteiger partial charge >= 0.3 is 0 Å². The van der Waals surface area contributed by atoms with Crippen LogP contribution in [0.2, 0.25) is 5.15 Å². The number of aliphatic hydroxyl groups is 1. The van der Waals surface area contributed by atoms with Crippen molar-refractivity contribution in [3.8, 4) is 0 Å². The third kappa shape index (κ3) is 1.23. The third-order valence-corrected chi connectivity index (χ3v) is 1.34. The Labute approximate surface area is 57.9 Å². The normalized spacial score (nSPS) is 10.1. The molecule has 1 heterocycles. The highest BCUT2D eigenvalue weighted by Crippen LogP contribution is 2.11. The molecule has 0 saturated carbocycles. The molecule has 1 N–H and O–H groups in total. The number of hydrogen-bond donors (Lipinski definition) is 1. The molecule has 4 heteroatoms. The lowest BCUT2D eigenvalue weighted by molar-refractivity contribution is 0.282. The summed E-state index contributed by atoms with van der Waals surface area (Å²) >= 11 is 5.55. The molecule has 1 aromatic rings. The van der Waals surface area contributed by atoms with Crippen LogP contribution in [0.25, 0.3) is 0 Å².